The number of nitrogens with one attached hydrogen (secondary N) is 2. The van der Waals surface area contributed by atoms with Gasteiger partial charge in [-0.05, 0) is 45.0 Å². The third-order valence-corrected chi connectivity index (χ3v) is 2.74. The van der Waals surface area contributed by atoms with E-state index >= 15 is 0 Å². The molecule has 0 spiro atoms. The Balaban J connectivity index is 2.15. The Hall–Kier alpha value is -2.50. The number of nitrogens with two attached hydrogens (primary N) is 1. The molecular formula is C15H21N5O. The van der Waals surface area contributed by atoms with Gasteiger partial charge in [0.05, 0.1) is 6.61 Å². The summed E-state index contributed by atoms with van der Waals surface area (Å²) in [6.45, 7) is 6.66. The van der Waals surface area contributed by atoms with E-state index in [1.165, 1.54) is 6.33 Å². The highest BCUT2D eigenvalue weighted by molar-refractivity contribution is 5.77. The number of hydrogen-bond acceptors (Lipinski definition) is 6. The van der Waals surface area contributed by atoms with Crippen molar-refractivity contribution in [1.82, 2.24) is 9.97 Å². The Morgan fingerprint density at radius 1 is 1.14 bits per heavy atom. The van der Waals surface area contributed by atoms with Crippen LogP contribution in [0.2, 0.25) is 0 Å². The Labute approximate surface area is 124 Å². The normalized spacial score (nSPS) is 10.5. The molecule has 2 aromatic rings. The average Bonchev–Trinajstić information content (AvgIpc) is 2.45. The van der Waals surface area contributed by atoms with Crippen LogP contribution in [0.1, 0.15) is 20.8 Å². The lowest BCUT2D eigenvalue weighted by Gasteiger charge is -2.14. The van der Waals surface area contributed by atoms with E-state index in [4.69, 9.17) is 10.5 Å². The molecule has 21 heavy (non-hydrogen) atoms. The zero-order valence-corrected chi connectivity index (χ0v) is 12.6. The van der Waals surface area contributed by atoms with Gasteiger partial charge in [0.1, 0.15) is 17.8 Å². The molecule has 112 valence electrons. The monoisotopic (exact) mass is 287 g/mol. The third-order valence-electron chi connectivity index (χ3n) is 2.74. The third kappa shape index (κ3) is 3.98. The Morgan fingerprint density at radius 3 is 2.43 bits per heavy atom. The molecule has 0 saturated carbocycles. The second kappa shape index (κ2) is 6.78. The van der Waals surface area contributed by atoms with Gasteiger partial charge in [0.15, 0.2) is 11.6 Å². The van der Waals surface area contributed by atoms with Crippen molar-refractivity contribution >= 4 is 23.0 Å². The molecule has 2 rings (SSSR count). The van der Waals surface area contributed by atoms with Crippen molar-refractivity contribution in [2.24, 2.45) is 0 Å². The quantitative estimate of drug-likeness (QED) is 0.757. The van der Waals surface area contributed by atoms with Crippen LogP contribution < -0.4 is 21.1 Å². The van der Waals surface area contributed by atoms with Crippen LogP contribution >= 0.6 is 0 Å². The van der Waals surface area contributed by atoms with E-state index in [-0.39, 0.29) is 6.04 Å². The lowest BCUT2D eigenvalue weighted by Crippen LogP contribution is -2.14. The van der Waals surface area contributed by atoms with E-state index in [9.17, 15) is 0 Å². The maximum atomic E-state index is 6.08. The SMILES string of the molecule is CCOc1ccc(Nc2ncnc(NC(C)C)c2N)cc1. The van der Waals surface area contributed by atoms with Crippen molar-refractivity contribution < 1.29 is 4.74 Å². The Kier molecular flexibility index (Phi) is 4.81. The number of nitrogen functional groups attached to an aromatic ring is 1. The molecule has 0 saturated heterocycles. The topological polar surface area (TPSA) is 85.1 Å². The summed E-state index contributed by atoms with van der Waals surface area (Å²) in [5.41, 5.74) is 7.47. The fourth-order valence-corrected chi connectivity index (χ4v) is 1.82. The molecule has 0 aliphatic heterocycles. The van der Waals surface area contributed by atoms with E-state index in [1.807, 2.05) is 45.0 Å². The molecule has 0 unspecified atom stereocenters. The minimum Gasteiger partial charge on any atom is -0.494 e. The number of aromatic nitrogens is 2. The maximum Gasteiger partial charge on any atom is 0.159 e. The summed E-state index contributed by atoms with van der Waals surface area (Å²) in [6, 6.07) is 7.89. The number of benzene rings is 1. The first-order valence-corrected chi connectivity index (χ1v) is 6.97. The smallest absolute Gasteiger partial charge is 0.159 e. The van der Waals surface area contributed by atoms with Crippen LogP contribution in [0.5, 0.6) is 5.75 Å². The van der Waals surface area contributed by atoms with Gasteiger partial charge in [-0.2, -0.15) is 0 Å². The van der Waals surface area contributed by atoms with Gasteiger partial charge in [-0.1, -0.05) is 0 Å². The van der Waals surface area contributed by atoms with Crippen molar-refractivity contribution in [3.05, 3.63) is 30.6 Å². The predicted octanol–water partition coefficient (Wildman–Crippen LogP) is 3.02. The number of anilines is 4. The summed E-state index contributed by atoms with van der Waals surface area (Å²) >= 11 is 0. The minimum atomic E-state index is 0.250. The van der Waals surface area contributed by atoms with Gasteiger partial charge in [0.25, 0.3) is 0 Å². The van der Waals surface area contributed by atoms with Crippen molar-refractivity contribution in [2.45, 2.75) is 26.8 Å². The molecule has 6 nitrogen and oxygen atoms in total. The van der Waals surface area contributed by atoms with Gasteiger partial charge in [-0.15, -0.1) is 0 Å². The molecule has 1 heterocycles. The molecular weight excluding hydrogens is 266 g/mol. The zero-order chi connectivity index (χ0) is 15.2. The fourth-order valence-electron chi connectivity index (χ4n) is 1.82. The number of nitrogens with zero attached hydrogens (tertiary/aromatic N) is 2. The molecule has 0 aliphatic carbocycles. The van der Waals surface area contributed by atoms with Crippen molar-refractivity contribution in [3.8, 4) is 5.75 Å². The molecule has 0 atom stereocenters. The van der Waals surface area contributed by atoms with Crippen LogP contribution in [0, 0.1) is 0 Å². The lowest BCUT2D eigenvalue weighted by molar-refractivity contribution is 0.340. The first-order valence-electron chi connectivity index (χ1n) is 6.97. The summed E-state index contributed by atoms with van der Waals surface area (Å²) in [7, 11) is 0. The second-order valence-electron chi connectivity index (χ2n) is 4.87. The summed E-state index contributed by atoms with van der Waals surface area (Å²) in [6.07, 6.45) is 1.48. The first kappa shape index (κ1) is 14.9. The van der Waals surface area contributed by atoms with Gasteiger partial charge in [0, 0.05) is 11.7 Å². The molecule has 0 bridgehead atoms. The van der Waals surface area contributed by atoms with Gasteiger partial charge >= 0.3 is 0 Å². The summed E-state index contributed by atoms with van der Waals surface area (Å²) in [5, 5.41) is 6.37. The lowest BCUT2D eigenvalue weighted by atomic mass is 10.3. The second-order valence-corrected chi connectivity index (χ2v) is 4.87. The van der Waals surface area contributed by atoms with Crippen LogP contribution in [-0.2, 0) is 0 Å². The molecule has 1 aromatic heterocycles. The van der Waals surface area contributed by atoms with Gasteiger partial charge in [-0.3, -0.25) is 0 Å². The summed E-state index contributed by atoms with van der Waals surface area (Å²) < 4.78 is 5.41. The highest BCUT2D eigenvalue weighted by Crippen LogP contribution is 2.26. The van der Waals surface area contributed by atoms with Crippen LogP contribution in [-0.4, -0.2) is 22.6 Å². The van der Waals surface area contributed by atoms with Gasteiger partial charge in [-0.25, -0.2) is 9.97 Å². The molecule has 0 amide bonds. The number of ether oxygens (including phenoxy) is 1. The van der Waals surface area contributed by atoms with Gasteiger partial charge in [0.2, 0.25) is 0 Å². The average molecular weight is 287 g/mol. The van der Waals surface area contributed by atoms with E-state index in [1.54, 1.807) is 0 Å². The molecule has 1 aromatic carbocycles. The Bertz CT molecular complexity index is 583. The van der Waals surface area contributed by atoms with E-state index < -0.39 is 0 Å². The highest BCUT2D eigenvalue weighted by atomic mass is 16.5. The standard InChI is InChI=1S/C15H21N5O/c1-4-21-12-7-5-11(6-8-12)20-15-13(16)14(17-9-18-15)19-10(2)3/h5-10H,4,16H2,1-3H3,(H2,17,18,19,20). The van der Waals surface area contributed by atoms with Crippen molar-refractivity contribution in [2.75, 3.05) is 23.0 Å². The summed E-state index contributed by atoms with van der Waals surface area (Å²) in [5.74, 6) is 2.05. The summed E-state index contributed by atoms with van der Waals surface area (Å²) in [4.78, 5) is 8.33. The predicted molar refractivity (Wildman–Crippen MR) is 86.1 cm³/mol. The molecule has 4 N–H and O–H groups in total. The van der Waals surface area contributed by atoms with E-state index in [0.717, 1.165) is 11.4 Å². The first-order chi connectivity index (χ1) is 10.1. The maximum absolute atomic E-state index is 6.08. The fraction of sp³-hybridized carbons (Fsp3) is 0.333. The molecule has 0 radical (unpaired) electrons. The van der Waals surface area contributed by atoms with Crippen molar-refractivity contribution in [3.63, 3.8) is 0 Å². The molecule has 0 fully saturated rings. The van der Waals surface area contributed by atoms with Gasteiger partial charge < -0.3 is 21.1 Å². The number of hydrogen-bond donors (Lipinski definition) is 3. The highest BCUT2D eigenvalue weighted by Gasteiger charge is 2.09. The molecule has 6 heteroatoms. The largest absolute Gasteiger partial charge is 0.494 e. The van der Waals surface area contributed by atoms with Crippen LogP contribution in [0.25, 0.3) is 0 Å². The Morgan fingerprint density at radius 2 is 1.81 bits per heavy atom. The van der Waals surface area contributed by atoms with Crippen molar-refractivity contribution in [1.29, 1.82) is 0 Å². The van der Waals surface area contributed by atoms with Crippen LogP contribution in [0.15, 0.2) is 30.6 Å². The van der Waals surface area contributed by atoms with E-state index in [2.05, 4.69) is 20.6 Å². The molecule has 0 aliphatic rings. The van der Waals surface area contributed by atoms with Crippen LogP contribution in [0.4, 0.5) is 23.0 Å². The zero-order valence-electron chi connectivity index (χ0n) is 12.6. The number of rotatable bonds is 6. The van der Waals surface area contributed by atoms with Crippen LogP contribution in [0.3, 0.4) is 0 Å². The minimum absolute atomic E-state index is 0.250. The van der Waals surface area contributed by atoms with E-state index in [0.29, 0.717) is 23.9 Å².